The summed E-state index contributed by atoms with van der Waals surface area (Å²) in [4.78, 5) is 4.68. The molecule has 0 bridgehead atoms. The second kappa shape index (κ2) is 8.86. The highest BCUT2D eigenvalue weighted by molar-refractivity contribution is 5.46. The van der Waals surface area contributed by atoms with E-state index in [1.54, 1.807) is 0 Å². The van der Waals surface area contributed by atoms with Crippen LogP contribution < -0.4 is 5.32 Å². The van der Waals surface area contributed by atoms with Gasteiger partial charge in [0.15, 0.2) is 0 Å². The SMILES string of the molecule is C=C(CCCCc1ccc2c(n1)NCCC2)CCCC(F)F. The summed E-state index contributed by atoms with van der Waals surface area (Å²) in [7, 11) is 0. The van der Waals surface area contributed by atoms with E-state index in [0.717, 1.165) is 62.2 Å². The molecule has 2 nitrogen and oxygen atoms in total. The van der Waals surface area contributed by atoms with E-state index in [0.29, 0.717) is 6.42 Å². The predicted octanol–water partition coefficient (Wildman–Crippen LogP) is 5.14. The Morgan fingerprint density at radius 1 is 1.23 bits per heavy atom. The van der Waals surface area contributed by atoms with Gasteiger partial charge in [-0.2, -0.15) is 0 Å². The van der Waals surface area contributed by atoms with Gasteiger partial charge in [-0.05, 0) is 63.0 Å². The van der Waals surface area contributed by atoms with E-state index in [1.165, 1.54) is 12.0 Å². The van der Waals surface area contributed by atoms with Crippen LogP contribution in [-0.2, 0) is 12.8 Å². The number of anilines is 1. The van der Waals surface area contributed by atoms with E-state index in [4.69, 9.17) is 0 Å². The van der Waals surface area contributed by atoms with Crippen molar-refractivity contribution in [2.75, 3.05) is 11.9 Å². The second-order valence-electron chi connectivity index (χ2n) is 6.08. The van der Waals surface area contributed by atoms with Crippen molar-refractivity contribution in [1.29, 1.82) is 0 Å². The van der Waals surface area contributed by atoms with E-state index >= 15 is 0 Å². The van der Waals surface area contributed by atoms with Gasteiger partial charge in [0, 0.05) is 18.7 Å². The van der Waals surface area contributed by atoms with Gasteiger partial charge in [0.1, 0.15) is 5.82 Å². The van der Waals surface area contributed by atoms with E-state index in [1.807, 2.05) is 0 Å². The molecule has 1 aliphatic heterocycles. The Kier molecular flexibility index (Phi) is 6.81. The molecule has 22 heavy (non-hydrogen) atoms. The number of aryl methyl sites for hydroxylation is 2. The molecule has 1 N–H and O–H groups in total. The van der Waals surface area contributed by atoms with E-state index in [2.05, 4.69) is 29.0 Å². The molecule has 1 aliphatic rings. The Morgan fingerprint density at radius 3 is 2.86 bits per heavy atom. The fourth-order valence-electron chi connectivity index (χ4n) is 2.82. The zero-order valence-corrected chi connectivity index (χ0v) is 13.2. The van der Waals surface area contributed by atoms with Crippen LogP contribution in [-0.4, -0.2) is 18.0 Å². The Bertz CT molecular complexity index is 486. The maximum Gasteiger partial charge on any atom is 0.238 e. The maximum atomic E-state index is 12.1. The van der Waals surface area contributed by atoms with Crippen LogP contribution in [0.5, 0.6) is 0 Å². The van der Waals surface area contributed by atoms with Gasteiger partial charge >= 0.3 is 0 Å². The van der Waals surface area contributed by atoms with Crippen LogP contribution in [0.25, 0.3) is 0 Å². The molecule has 122 valence electrons. The molecule has 0 aromatic carbocycles. The molecule has 1 aromatic heterocycles. The summed E-state index contributed by atoms with van der Waals surface area (Å²) in [5.41, 5.74) is 3.56. The fourth-order valence-corrected chi connectivity index (χ4v) is 2.82. The van der Waals surface area contributed by atoms with Crippen LogP contribution in [0.2, 0.25) is 0 Å². The number of nitrogens with one attached hydrogen (secondary N) is 1. The molecule has 0 saturated heterocycles. The lowest BCUT2D eigenvalue weighted by Gasteiger charge is -2.17. The zero-order valence-electron chi connectivity index (χ0n) is 13.2. The van der Waals surface area contributed by atoms with Gasteiger partial charge in [-0.3, -0.25) is 0 Å². The average Bonchev–Trinajstić information content (AvgIpc) is 2.51. The molecule has 0 atom stereocenters. The van der Waals surface area contributed by atoms with Gasteiger partial charge in [-0.15, -0.1) is 0 Å². The Balaban J connectivity index is 1.63. The van der Waals surface area contributed by atoms with Crippen molar-refractivity contribution in [1.82, 2.24) is 4.98 Å². The zero-order chi connectivity index (χ0) is 15.8. The molecule has 0 radical (unpaired) electrons. The molecule has 0 aliphatic carbocycles. The number of unbranched alkanes of at least 4 members (excludes halogenated alkanes) is 1. The van der Waals surface area contributed by atoms with Crippen molar-refractivity contribution in [2.45, 2.75) is 64.2 Å². The summed E-state index contributed by atoms with van der Waals surface area (Å²) in [6.07, 6.45) is 5.42. The molecule has 1 aromatic rings. The summed E-state index contributed by atoms with van der Waals surface area (Å²) >= 11 is 0. The largest absolute Gasteiger partial charge is 0.370 e. The standard InChI is InChI=1S/C18H26F2N2/c1-14(7-4-10-17(19)20)6-2-3-9-16-12-11-15-8-5-13-21-18(15)22-16/h11-12,17H,1-10,13H2,(H,21,22). The molecular weight excluding hydrogens is 282 g/mol. The third-order valence-corrected chi connectivity index (χ3v) is 4.12. The molecule has 0 fully saturated rings. The normalized spacial score (nSPS) is 13.8. The smallest absolute Gasteiger partial charge is 0.238 e. The highest BCUT2D eigenvalue weighted by atomic mass is 19.3. The van der Waals surface area contributed by atoms with Crippen LogP contribution in [0.1, 0.15) is 56.2 Å². The topological polar surface area (TPSA) is 24.9 Å². The molecule has 2 heterocycles. The Morgan fingerprint density at radius 2 is 2.05 bits per heavy atom. The number of fused-ring (bicyclic) bond motifs is 1. The third kappa shape index (κ3) is 5.74. The van der Waals surface area contributed by atoms with E-state index in [9.17, 15) is 8.78 Å². The van der Waals surface area contributed by atoms with Gasteiger partial charge < -0.3 is 5.32 Å². The quantitative estimate of drug-likeness (QED) is 0.504. The first-order valence-electron chi connectivity index (χ1n) is 8.32. The summed E-state index contributed by atoms with van der Waals surface area (Å²) in [6.45, 7) is 5.00. The minimum absolute atomic E-state index is 0.00886. The highest BCUT2D eigenvalue weighted by Gasteiger charge is 2.10. The molecule has 0 amide bonds. The second-order valence-corrected chi connectivity index (χ2v) is 6.08. The minimum Gasteiger partial charge on any atom is -0.370 e. The highest BCUT2D eigenvalue weighted by Crippen LogP contribution is 2.21. The number of allylic oxidation sites excluding steroid dienone is 1. The number of hydrogen-bond donors (Lipinski definition) is 1. The van der Waals surface area contributed by atoms with Crippen molar-refractivity contribution in [3.05, 3.63) is 35.5 Å². The molecule has 4 heteroatoms. The van der Waals surface area contributed by atoms with Gasteiger partial charge in [-0.25, -0.2) is 13.8 Å². The van der Waals surface area contributed by atoms with Crippen molar-refractivity contribution in [3.8, 4) is 0 Å². The van der Waals surface area contributed by atoms with Crippen molar-refractivity contribution in [3.63, 3.8) is 0 Å². The lowest BCUT2D eigenvalue weighted by atomic mass is 10.0. The number of pyridine rings is 1. The number of aromatic nitrogens is 1. The molecular formula is C18H26F2N2. The van der Waals surface area contributed by atoms with Crippen LogP contribution >= 0.6 is 0 Å². The summed E-state index contributed by atoms with van der Waals surface area (Å²) < 4.78 is 24.1. The lowest BCUT2D eigenvalue weighted by molar-refractivity contribution is 0.135. The van der Waals surface area contributed by atoms with Gasteiger partial charge in [0.05, 0.1) is 0 Å². The van der Waals surface area contributed by atoms with E-state index < -0.39 is 6.43 Å². The number of hydrogen-bond acceptors (Lipinski definition) is 2. The van der Waals surface area contributed by atoms with E-state index in [-0.39, 0.29) is 6.42 Å². The van der Waals surface area contributed by atoms with Crippen LogP contribution in [0.15, 0.2) is 24.3 Å². The maximum absolute atomic E-state index is 12.1. The Labute approximate surface area is 132 Å². The summed E-state index contributed by atoms with van der Waals surface area (Å²) in [5.74, 6) is 1.06. The molecule has 0 saturated carbocycles. The fraction of sp³-hybridized carbons (Fsp3) is 0.611. The lowest BCUT2D eigenvalue weighted by Crippen LogP contribution is -2.13. The molecule has 0 unspecified atom stereocenters. The first kappa shape index (κ1) is 16.9. The first-order chi connectivity index (χ1) is 10.6. The minimum atomic E-state index is -2.18. The monoisotopic (exact) mass is 308 g/mol. The van der Waals surface area contributed by atoms with Crippen molar-refractivity contribution < 1.29 is 8.78 Å². The predicted molar refractivity (Wildman–Crippen MR) is 87.6 cm³/mol. The van der Waals surface area contributed by atoms with Crippen LogP contribution in [0, 0.1) is 0 Å². The van der Waals surface area contributed by atoms with Crippen molar-refractivity contribution >= 4 is 5.82 Å². The number of halogens is 2. The Hall–Kier alpha value is -1.45. The van der Waals surface area contributed by atoms with Crippen LogP contribution in [0.4, 0.5) is 14.6 Å². The van der Waals surface area contributed by atoms with Gasteiger partial charge in [0.2, 0.25) is 6.43 Å². The molecule has 2 rings (SSSR count). The van der Waals surface area contributed by atoms with Crippen LogP contribution in [0.3, 0.4) is 0 Å². The number of nitrogens with zero attached hydrogens (tertiary/aromatic N) is 1. The first-order valence-corrected chi connectivity index (χ1v) is 8.32. The van der Waals surface area contributed by atoms with Gasteiger partial charge in [-0.1, -0.05) is 18.2 Å². The average molecular weight is 308 g/mol. The summed E-state index contributed by atoms with van der Waals surface area (Å²) in [6, 6.07) is 4.32. The van der Waals surface area contributed by atoms with Crippen molar-refractivity contribution in [2.24, 2.45) is 0 Å². The number of rotatable bonds is 9. The summed E-state index contributed by atoms with van der Waals surface area (Å²) in [5, 5.41) is 3.36. The number of alkyl halides is 2. The molecule has 0 spiro atoms. The third-order valence-electron chi connectivity index (χ3n) is 4.12. The van der Waals surface area contributed by atoms with Gasteiger partial charge in [0.25, 0.3) is 0 Å².